The van der Waals surface area contributed by atoms with Crippen molar-refractivity contribution in [1.29, 1.82) is 5.26 Å². The highest BCUT2D eigenvalue weighted by atomic mass is 16.5. The molecule has 0 bridgehead atoms. The number of hydrogen-bond acceptors (Lipinski definition) is 4. The maximum atomic E-state index is 10.9. The van der Waals surface area contributed by atoms with Gasteiger partial charge in [0.2, 0.25) is 0 Å². The first-order valence-electron chi connectivity index (χ1n) is 5.18. The molecule has 17 heavy (non-hydrogen) atoms. The van der Waals surface area contributed by atoms with Gasteiger partial charge in [-0.3, -0.25) is 0 Å². The summed E-state index contributed by atoms with van der Waals surface area (Å²) in [5.74, 6) is -1.12. The van der Waals surface area contributed by atoms with Crippen molar-refractivity contribution in [2.45, 2.75) is 6.04 Å². The number of nitriles is 1. The van der Waals surface area contributed by atoms with Crippen LogP contribution in [0.4, 0.5) is 0 Å². The molecule has 0 saturated heterocycles. The number of carbonyl (C=O) groups excluding carboxylic acids is 1. The Morgan fingerprint density at radius 3 is 2.71 bits per heavy atom. The summed E-state index contributed by atoms with van der Waals surface area (Å²) in [4.78, 5) is 10.9. The van der Waals surface area contributed by atoms with Gasteiger partial charge in [0.1, 0.15) is 6.61 Å². The van der Waals surface area contributed by atoms with Crippen LogP contribution in [0.25, 0.3) is 0 Å². The van der Waals surface area contributed by atoms with Crippen molar-refractivity contribution in [2.24, 2.45) is 11.7 Å². The van der Waals surface area contributed by atoms with Crippen LogP contribution in [0.1, 0.15) is 11.6 Å². The molecule has 0 saturated carbocycles. The fourth-order valence-electron chi connectivity index (χ4n) is 1.36. The van der Waals surface area contributed by atoms with Crippen LogP contribution in [0.5, 0.6) is 0 Å². The second-order valence-electron chi connectivity index (χ2n) is 3.51. The van der Waals surface area contributed by atoms with Crippen molar-refractivity contribution >= 4 is 5.97 Å². The van der Waals surface area contributed by atoms with Gasteiger partial charge in [0.15, 0.2) is 0 Å². The molecule has 1 aromatic carbocycles. The zero-order chi connectivity index (χ0) is 12.7. The molecule has 0 spiro atoms. The van der Waals surface area contributed by atoms with Crippen LogP contribution >= 0.6 is 0 Å². The molecule has 2 N–H and O–H groups in total. The van der Waals surface area contributed by atoms with Crippen molar-refractivity contribution in [3.63, 3.8) is 0 Å². The third kappa shape index (κ3) is 3.74. The quantitative estimate of drug-likeness (QED) is 0.615. The number of benzene rings is 1. The van der Waals surface area contributed by atoms with E-state index in [-0.39, 0.29) is 6.61 Å². The minimum atomic E-state index is -0.568. The van der Waals surface area contributed by atoms with Crippen molar-refractivity contribution in [2.75, 3.05) is 6.61 Å². The summed E-state index contributed by atoms with van der Waals surface area (Å²) >= 11 is 0. The summed E-state index contributed by atoms with van der Waals surface area (Å²) in [6, 6.07) is 10.8. The molecule has 4 nitrogen and oxygen atoms in total. The summed E-state index contributed by atoms with van der Waals surface area (Å²) < 4.78 is 4.83. The lowest BCUT2D eigenvalue weighted by Crippen LogP contribution is -2.25. The molecule has 0 aliphatic rings. The van der Waals surface area contributed by atoms with Crippen molar-refractivity contribution in [3.05, 3.63) is 48.6 Å². The normalized spacial score (nSPS) is 13.2. The lowest BCUT2D eigenvalue weighted by Gasteiger charge is -2.17. The van der Waals surface area contributed by atoms with Gasteiger partial charge in [-0.2, -0.15) is 5.26 Å². The molecule has 0 fully saturated rings. The molecule has 0 aliphatic heterocycles. The van der Waals surface area contributed by atoms with E-state index in [1.54, 1.807) is 0 Å². The Bertz CT molecular complexity index is 423. The highest BCUT2D eigenvalue weighted by Gasteiger charge is 2.20. The van der Waals surface area contributed by atoms with E-state index in [4.69, 9.17) is 15.7 Å². The zero-order valence-electron chi connectivity index (χ0n) is 9.37. The van der Waals surface area contributed by atoms with Gasteiger partial charge in [0.05, 0.1) is 12.0 Å². The Morgan fingerprint density at radius 1 is 1.53 bits per heavy atom. The smallest absolute Gasteiger partial charge is 0.330 e. The summed E-state index contributed by atoms with van der Waals surface area (Å²) in [6.45, 7) is 3.25. The molecule has 0 aliphatic carbocycles. The van der Waals surface area contributed by atoms with Crippen LogP contribution in [0, 0.1) is 17.2 Å². The summed E-state index contributed by atoms with van der Waals surface area (Å²) in [6.07, 6.45) is 1.06. The monoisotopic (exact) mass is 230 g/mol. The van der Waals surface area contributed by atoms with E-state index in [2.05, 4.69) is 6.58 Å². The Kier molecular flexibility index (Phi) is 4.92. The van der Waals surface area contributed by atoms with E-state index >= 15 is 0 Å². The number of nitrogens with two attached hydrogens (primary N) is 1. The molecule has 0 aromatic heterocycles. The summed E-state index contributed by atoms with van der Waals surface area (Å²) in [7, 11) is 0. The third-order valence-corrected chi connectivity index (χ3v) is 2.36. The van der Waals surface area contributed by atoms with E-state index in [0.29, 0.717) is 0 Å². The highest BCUT2D eigenvalue weighted by molar-refractivity contribution is 5.81. The largest absolute Gasteiger partial charge is 0.461 e. The third-order valence-electron chi connectivity index (χ3n) is 2.36. The molecular formula is C13H14N2O2. The average Bonchev–Trinajstić information content (AvgIpc) is 2.39. The van der Waals surface area contributed by atoms with E-state index in [1.807, 2.05) is 36.4 Å². The standard InChI is InChI=1S/C13H14N2O2/c1-2-12(16)17-9-11(8-14)13(15)10-6-4-3-5-7-10/h2-7,11,13H,1,9,15H2. The molecule has 0 radical (unpaired) electrons. The van der Waals surface area contributed by atoms with Crippen molar-refractivity contribution < 1.29 is 9.53 Å². The number of nitrogens with zero attached hydrogens (tertiary/aromatic N) is 1. The van der Waals surface area contributed by atoms with E-state index in [9.17, 15) is 4.79 Å². The van der Waals surface area contributed by atoms with Gasteiger partial charge >= 0.3 is 5.97 Å². The van der Waals surface area contributed by atoms with Gasteiger partial charge in [-0.15, -0.1) is 0 Å². The molecule has 2 atom stereocenters. The number of rotatable bonds is 5. The first-order chi connectivity index (χ1) is 8.19. The number of carbonyl (C=O) groups is 1. The zero-order valence-corrected chi connectivity index (χ0v) is 9.37. The first kappa shape index (κ1) is 12.9. The Balaban J connectivity index is 2.65. The van der Waals surface area contributed by atoms with Gasteiger partial charge in [-0.05, 0) is 5.56 Å². The fourth-order valence-corrected chi connectivity index (χ4v) is 1.36. The molecule has 4 heteroatoms. The van der Waals surface area contributed by atoms with Gasteiger partial charge in [0, 0.05) is 12.1 Å². The molecule has 2 unspecified atom stereocenters. The van der Waals surface area contributed by atoms with Crippen molar-refractivity contribution in [1.82, 2.24) is 0 Å². The lowest BCUT2D eigenvalue weighted by molar-refractivity contribution is -0.138. The Morgan fingerprint density at radius 2 is 2.18 bits per heavy atom. The molecule has 1 aromatic rings. The second kappa shape index (κ2) is 6.46. The lowest BCUT2D eigenvalue weighted by atomic mass is 9.96. The molecule has 0 heterocycles. The molecule has 0 amide bonds. The van der Waals surface area contributed by atoms with Gasteiger partial charge < -0.3 is 10.5 Å². The first-order valence-corrected chi connectivity index (χ1v) is 5.18. The SMILES string of the molecule is C=CC(=O)OCC(C#N)C(N)c1ccccc1. The predicted octanol–water partition coefficient (Wildman–Crippen LogP) is 1.56. The van der Waals surface area contributed by atoms with Crippen LogP contribution in [-0.4, -0.2) is 12.6 Å². The summed E-state index contributed by atoms with van der Waals surface area (Å²) in [5, 5.41) is 9.00. The van der Waals surface area contributed by atoms with Crippen LogP contribution in [0.15, 0.2) is 43.0 Å². The van der Waals surface area contributed by atoms with E-state index < -0.39 is 17.9 Å². The fraction of sp³-hybridized carbons (Fsp3) is 0.231. The maximum absolute atomic E-state index is 10.9. The average molecular weight is 230 g/mol. The number of ether oxygens (including phenoxy) is 1. The second-order valence-corrected chi connectivity index (χ2v) is 3.51. The number of hydrogen-bond donors (Lipinski definition) is 1. The Labute approximate surface area is 100 Å². The minimum Gasteiger partial charge on any atom is -0.461 e. The van der Waals surface area contributed by atoms with Crippen LogP contribution in [0.2, 0.25) is 0 Å². The van der Waals surface area contributed by atoms with Crippen LogP contribution in [0.3, 0.4) is 0 Å². The molecule has 88 valence electrons. The Hall–Kier alpha value is -2.12. The van der Waals surface area contributed by atoms with Crippen LogP contribution in [-0.2, 0) is 9.53 Å². The van der Waals surface area contributed by atoms with Gasteiger partial charge in [-0.25, -0.2) is 4.79 Å². The van der Waals surface area contributed by atoms with E-state index in [1.165, 1.54) is 0 Å². The van der Waals surface area contributed by atoms with Gasteiger partial charge in [0.25, 0.3) is 0 Å². The van der Waals surface area contributed by atoms with Gasteiger partial charge in [-0.1, -0.05) is 36.9 Å². The van der Waals surface area contributed by atoms with E-state index in [0.717, 1.165) is 11.6 Å². The molecule has 1 rings (SSSR count). The topological polar surface area (TPSA) is 76.1 Å². The maximum Gasteiger partial charge on any atom is 0.330 e. The van der Waals surface area contributed by atoms with Crippen LogP contribution < -0.4 is 5.73 Å². The number of esters is 1. The summed E-state index contributed by atoms with van der Waals surface area (Å²) in [5.41, 5.74) is 6.78. The van der Waals surface area contributed by atoms with Crippen molar-refractivity contribution in [3.8, 4) is 6.07 Å². The highest BCUT2D eigenvalue weighted by Crippen LogP contribution is 2.19. The molecular weight excluding hydrogens is 216 g/mol. The minimum absolute atomic E-state index is 0.0303. The predicted molar refractivity (Wildman–Crippen MR) is 63.6 cm³/mol.